The highest BCUT2D eigenvalue weighted by Crippen LogP contribution is 2.25. The predicted molar refractivity (Wildman–Crippen MR) is 103 cm³/mol. The molecule has 8 heteroatoms. The van der Waals surface area contributed by atoms with Gasteiger partial charge in [0.1, 0.15) is 5.75 Å². The fourth-order valence-electron chi connectivity index (χ4n) is 2.35. The van der Waals surface area contributed by atoms with Crippen LogP contribution >= 0.6 is 11.6 Å². The molecule has 2 aromatic rings. The van der Waals surface area contributed by atoms with Crippen molar-refractivity contribution < 1.29 is 17.9 Å². The standard InChI is InChI=1S/C18H21ClN2O4S/c1-20(12-13-5-8-15(25-3)9-6-13)18(22)16-10-7-14(11-17(16)19)21(2)26(4,23)24/h5-11H,12H2,1-4H3. The number of carbonyl (C=O) groups is 1. The fraction of sp³-hybridized carbons (Fsp3) is 0.278. The zero-order chi connectivity index (χ0) is 19.5. The van der Waals surface area contributed by atoms with Gasteiger partial charge in [0.05, 0.1) is 29.6 Å². The van der Waals surface area contributed by atoms with Crippen molar-refractivity contribution in [2.24, 2.45) is 0 Å². The van der Waals surface area contributed by atoms with Crippen LogP contribution in [-0.2, 0) is 16.6 Å². The Morgan fingerprint density at radius 1 is 1.12 bits per heavy atom. The summed E-state index contributed by atoms with van der Waals surface area (Å²) in [5.41, 5.74) is 1.66. The van der Waals surface area contributed by atoms with E-state index in [0.717, 1.165) is 21.9 Å². The zero-order valence-corrected chi connectivity index (χ0v) is 16.6. The normalized spacial score (nSPS) is 11.1. The summed E-state index contributed by atoms with van der Waals surface area (Å²) < 4.78 is 29.5. The lowest BCUT2D eigenvalue weighted by Gasteiger charge is -2.20. The molecular formula is C18H21ClN2O4S. The Bertz CT molecular complexity index is 898. The molecule has 0 aromatic heterocycles. The maximum Gasteiger partial charge on any atom is 0.255 e. The van der Waals surface area contributed by atoms with E-state index in [-0.39, 0.29) is 10.9 Å². The number of hydrogen-bond acceptors (Lipinski definition) is 4. The fourth-order valence-corrected chi connectivity index (χ4v) is 3.10. The summed E-state index contributed by atoms with van der Waals surface area (Å²) in [5.74, 6) is 0.496. The number of sulfonamides is 1. The molecule has 2 rings (SSSR count). The molecule has 0 N–H and O–H groups in total. The molecule has 0 saturated heterocycles. The van der Waals surface area contributed by atoms with Gasteiger partial charge >= 0.3 is 0 Å². The molecule has 0 aliphatic carbocycles. The van der Waals surface area contributed by atoms with Crippen molar-refractivity contribution in [3.05, 3.63) is 58.6 Å². The molecule has 0 atom stereocenters. The van der Waals surface area contributed by atoms with Gasteiger partial charge in [-0.2, -0.15) is 0 Å². The smallest absolute Gasteiger partial charge is 0.255 e. The summed E-state index contributed by atoms with van der Waals surface area (Å²) in [4.78, 5) is 14.2. The monoisotopic (exact) mass is 396 g/mol. The second-order valence-electron chi connectivity index (χ2n) is 5.90. The molecule has 1 amide bonds. The van der Waals surface area contributed by atoms with Gasteiger partial charge in [-0.25, -0.2) is 8.42 Å². The molecule has 0 unspecified atom stereocenters. The van der Waals surface area contributed by atoms with Crippen molar-refractivity contribution in [1.29, 1.82) is 0 Å². The number of carbonyl (C=O) groups excluding carboxylic acids is 1. The minimum Gasteiger partial charge on any atom is -0.497 e. The number of hydrogen-bond donors (Lipinski definition) is 0. The molecule has 0 saturated carbocycles. The van der Waals surface area contributed by atoms with Crippen LogP contribution in [-0.4, -0.2) is 46.7 Å². The number of anilines is 1. The first-order chi connectivity index (χ1) is 12.1. The largest absolute Gasteiger partial charge is 0.497 e. The minimum atomic E-state index is -3.40. The third kappa shape index (κ3) is 4.68. The van der Waals surface area contributed by atoms with E-state index in [0.29, 0.717) is 17.8 Å². The van der Waals surface area contributed by atoms with Gasteiger partial charge in [0.25, 0.3) is 5.91 Å². The Kier molecular flexibility index (Phi) is 6.15. The van der Waals surface area contributed by atoms with Crippen LogP contribution < -0.4 is 9.04 Å². The number of methoxy groups -OCH3 is 1. The quantitative estimate of drug-likeness (QED) is 0.752. The first kappa shape index (κ1) is 20.1. The SMILES string of the molecule is COc1ccc(CN(C)C(=O)c2ccc(N(C)S(C)(=O)=O)cc2Cl)cc1. The maximum absolute atomic E-state index is 12.7. The molecule has 140 valence electrons. The van der Waals surface area contributed by atoms with E-state index in [1.54, 1.807) is 25.1 Å². The van der Waals surface area contributed by atoms with Gasteiger partial charge in [0.15, 0.2) is 0 Å². The number of rotatable bonds is 6. The van der Waals surface area contributed by atoms with Crippen molar-refractivity contribution in [3.63, 3.8) is 0 Å². The van der Waals surface area contributed by atoms with Gasteiger partial charge in [0.2, 0.25) is 10.0 Å². The van der Waals surface area contributed by atoms with Crippen molar-refractivity contribution in [1.82, 2.24) is 4.90 Å². The lowest BCUT2D eigenvalue weighted by Crippen LogP contribution is -2.27. The van der Waals surface area contributed by atoms with Crippen LogP contribution in [0.5, 0.6) is 5.75 Å². The minimum absolute atomic E-state index is 0.199. The molecule has 0 spiro atoms. The van der Waals surface area contributed by atoms with Gasteiger partial charge in [-0.05, 0) is 35.9 Å². The van der Waals surface area contributed by atoms with E-state index in [1.165, 1.54) is 19.2 Å². The van der Waals surface area contributed by atoms with E-state index in [9.17, 15) is 13.2 Å². The highest BCUT2D eigenvalue weighted by Gasteiger charge is 2.18. The summed E-state index contributed by atoms with van der Waals surface area (Å²) >= 11 is 6.22. The molecule has 0 heterocycles. The third-order valence-electron chi connectivity index (χ3n) is 3.97. The summed E-state index contributed by atoms with van der Waals surface area (Å²) in [6, 6.07) is 12.0. The Balaban J connectivity index is 2.17. The van der Waals surface area contributed by atoms with Gasteiger partial charge in [0, 0.05) is 20.6 Å². The molecule has 0 bridgehead atoms. The van der Waals surface area contributed by atoms with Crippen LogP contribution in [0.2, 0.25) is 5.02 Å². The third-order valence-corrected chi connectivity index (χ3v) is 5.49. The number of ether oxygens (including phenoxy) is 1. The van der Waals surface area contributed by atoms with Gasteiger partial charge < -0.3 is 9.64 Å². The number of halogens is 1. The molecule has 26 heavy (non-hydrogen) atoms. The molecule has 2 aromatic carbocycles. The molecule has 0 fully saturated rings. The second kappa shape index (κ2) is 7.97. The van der Waals surface area contributed by atoms with Gasteiger partial charge in [-0.1, -0.05) is 23.7 Å². The van der Waals surface area contributed by atoms with Crippen molar-refractivity contribution in [2.75, 3.05) is 31.8 Å². The average molecular weight is 397 g/mol. The highest BCUT2D eigenvalue weighted by molar-refractivity contribution is 7.92. The van der Waals surface area contributed by atoms with E-state index in [2.05, 4.69) is 0 Å². The number of nitrogens with zero attached hydrogens (tertiary/aromatic N) is 2. The lowest BCUT2D eigenvalue weighted by molar-refractivity contribution is 0.0785. The number of benzene rings is 2. The van der Waals surface area contributed by atoms with E-state index in [4.69, 9.17) is 16.3 Å². The highest BCUT2D eigenvalue weighted by atomic mass is 35.5. The molecule has 0 aliphatic heterocycles. The Hall–Kier alpha value is -2.25. The van der Waals surface area contributed by atoms with E-state index in [1.807, 2.05) is 24.3 Å². The van der Waals surface area contributed by atoms with E-state index < -0.39 is 10.0 Å². The second-order valence-corrected chi connectivity index (χ2v) is 8.32. The van der Waals surface area contributed by atoms with Crippen LogP contribution in [0.25, 0.3) is 0 Å². The molecule has 0 aliphatic rings. The first-order valence-electron chi connectivity index (χ1n) is 7.75. The van der Waals surface area contributed by atoms with Crippen molar-refractivity contribution >= 4 is 33.2 Å². The van der Waals surface area contributed by atoms with Crippen molar-refractivity contribution in [3.8, 4) is 5.75 Å². The van der Waals surface area contributed by atoms with Crippen LogP contribution in [0.15, 0.2) is 42.5 Å². The summed E-state index contributed by atoms with van der Waals surface area (Å²) in [5, 5.41) is 0.199. The van der Waals surface area contributed by atoms with Crippen LogP contribution in [0.3, 0.4) is 0 Å². The van der Waals surface area contributed by atoms with Crippen LogP contribution in [0.4, 0.5) is 5.69 Å². The first-order valence-corrected chi connectivity index (χ1v) is 9.98. The zero-order valence-electron chi connectivity index (χ0n) is 15.1. The molecule has 6 nitrogen and oxygen atoms in total. The topological polar surface area (TPSA) is 66.9 Å². The van der Waals surface area contributed by atoms with E-state index >= 15 is 0 Å². The summed E-state index contributed by atoms with van der Waals surface area (Å²) in [7, 11) is 1.30. The average Bonchev–Trinajstić information content (AvgIpc) is 2.60. The maximum atomic E-state index is 12.7. The summed E-state index contributed by atoms with van der Waals surface area (Å²) in [6.07, 6.45) is 1.10. The van der Waals surface area contributed by atoms with Crippen molar-refractivity contribution in [2.45, 2.75) is 6.54 Å². The molecule has 0 radical (unpaired) electrons. The van der Waals surface area contributed by atoms with Crippen LogP contribution in [0.1, 0.15) is 15.9 Å². The van der Waals surface area contributed by atoms with Gasteiger partial charge in [-0.15, -0.1) is 0 Å². The Morgan fingerprint density at radius 2 is 1.73 bits per heavy atom. The Morgan fingerprint density at radius 3 is 2.23 bits per heavy atom. The lowest BCUT2D eigenvalue weighted by atomic mass is 10.1. The summed E-state index contributed by atoms with van der Waals surface area (Å²) in [6.45, 7) is 0.407. The predicted octanol–water partition coefficient (Wildman–Crippen LogP) is 3.02. The number of amides is 1. The Labute approximate surface area is 159 Å². The van der Waals surface area contributed by atoms with Gasteiger partial charge in [-0.3, -0.25) is 9.10 Å². The molecular weight excluding hydrogens is 376 g/mol. The van der Waals surface area contributed by atoms with Crippen LogP contribution in [0, 0.1) is 0 Å².